The van der Waals surface area contributed by atoms with Crippen molar-refractivity contribution < 1.29 is 8.42 Å². The number of rotatable bonds is 5. The summed E-state index contributed by atoms with van der Waals surface area (Å²) < 4.78 is 27.2. The summed E-state index contributed by atoms with van der Waals surface area (Å²) in [7, 11) is -3.46. The summed E-state index contributed by atoms with van der Waals surface area (Å²) in [4.78, 5) is 4.45. The number of aryl methyl sites for hydroxylation is 1. The van der Waals surface area contributed by atoms with Crippen molar-refractivity contribution in [2.45, 2.75) is 24.2 Å². The lowest BCUT2D eigenvalue weighted by Crippen LogP contribution is -2.26. The predicted molar refractivity (Wildman–Crippen MR) is 84.3 cm³/mol. The van der Waals surface area contributed by atoms with Gasteiger partial charge in [-0.2, -0.15) is 0 Å². The Morgan fingerprint density at radius 2 is 2.29 bits per heavy atom. The normalized spacial score (nSPS) is 14.5. The third kappa shape index (κ3) is 3.42. The summed E-state index contributed by atoms with van der Waals surface area (Å²) in [5, 5.41) is 5.18. The fourth-order valence-corrected chi connectivity index (χ4v) is 4.02. The second-order valence-electron chi connectivity index (χ2n) is 4.98. The van der Waals surface area contributed by atoms with Crippen molar-refractivity contribution in [2.75, 3.05) is 18.4 Å². The number of benzene rings is 1. The van der Waals surface area contributed by atoms with E-state index in [1.165, 1.54) is 16.9 Å². The van der Waals surface area contributed by atoms with E-state index in [1.807, 2.05) is 11.4 Å². The molecule has 1 aromatic heterocycles. The summed E-state index contributed by atoms with van der Waals surface area (Å²) in [6.07, 6.45) is 2.69. The van der Waals surface area contributed by atoms with E-state index in [1.54, 1.807) is 17.6 Å². The van der Waals surface area contributed by atoms with Crippen LogP contribution in [0, 0.1) is 0 Å². The molecule has 2 heterocycles. The Hall–Kier alpha value is -1.44. The zero-order chi connectivity index (χ0) is 14.7. The maximum Gasteiger partial charge on any atom is 0.240 e. The number of aromatic nitrogens is 1. The van der Waals surface area contributed by atoms with Gasteiger partial charge in [-0.25, -0.2) is 18.1 Å². The topological polar surface area (TPSA) is 71.1 Å². The third-order valence-electron chi connectivity index (χ3n) is 3.49. The Labute approximate surface area is 128 Å². The van der Waals surface area contributed by atoms with Gasteiger partial charge in [0, 0.05) is 30.6 Å². The first-order valence-corrected chi connectivity index (χ1v) is 9.31. The summed E-state index contributed by atoms with van der Waals surface area (Å²) in [5.41, 5.74) is 4.78. The van der Waals surface area contributed by atoms with Crippen molar-refractivity contribution in [3.63, 3.8) is 0 Å². The monoisotopic (exact) mass is 323 g/mol. The quantitative estimate of drug-likeness (QED) is 0.883. The molecule has 2 N–H and O–H groups in total. The Kier molecular flexibility index (Phi) is 4.23. The van der Waals surface area contributed by atoms with Crippen LogP contribution in [0.1, 0.15) is 17.7 Å². The van der Waals surface area contributed by atoms with Gasteiger partial charge in [0.1, 0.15) is 0 Å². The lowest BCUT2D eigenvalue weighted by Gasteiger charge is -2.18. The molecule has 0 fully saturated rings. The predicted octanol–water partition coefficient (Wildman–Crippen LogP) is 2.02. The van der Waals surface area contributed by atoms with Crippen molar-refractivity contribution in [1.29, 1.82) is 0 Å². The van der Waals surface area contributed by atoms with E-state index < -0.39 is 10.0 Å². The van der Waals surface area contributed by atoms with Crippen LogP contribution in [-0.4, -0.2) is 26.5 Å². The molecular formula is C14H17N3O2S2. The average Bonchev–Trinajstić information content (AvgIpc) is 3.00. The van der Waals surface area contributed by atoms with Gasteiger partial charge in [-0.15, -0.1) is 11.3 Å². The molecule has 0 atom stereocenters. The third-order valence-corrected chi connectivity index (χ3v) is 5.58. The number of hydrogen-bond acceptors (Lipinski definition) is 5. The highest BCUT2D eigenvalue weighted by atomic mass is 32.2. The van der Waals surface area contributed by atoms with Crippen LogP contribution in [0.2, 0.25) is 0 Å². The number of fused-ring (bicyclic) bond motifs is 1. The second-order valence-corrected chi connectivity index (χ2v) is 7.46. The maximum absolute atomic E-state index is 12.3. The Morgan fingerprint density at radius 3 is 3.10 bits per heavy atom. The molecule has 112 valence electrons. The van der Waals surface area contributed by atoms with E-state index in [9.17, 15) is 8.42 Å². The van der Waals surface area contributed by atoms with Crippen LogP contribution in [-0.2, 0) is 22.9 Å². The number of thiazole rings is 1. The smallest absolute Gasteiger partial charge is 0.240 e. The van der Waals surface area contributed by atoms with Gasteiger partial charge >= 0.3 is 0 Å². The molecule has 5 nitrogen and oxygen atoms in total. The Balaban J connectivity index is 1.69. The van der Waals surface area contributed by atoms with Gasteiger partial charge in [0.2, 0.25) is 10.0 Å². The largest absolute Gasteiger partial charge is 0.385 e. The molecule has 7 heteroatoms. The van der Waals surface area contributed by atoms with Crippen LogP contribution in [0.3, 0.4) is 0 Å². The van der Waals surface area contributed by atoms with Crippen molar-refractivity contribution in [1.82, 2.24) is 9.71 Å². The van der Waals surface area contributed by atoms with Gasteiger partial charge in [-0.3, -0.25) is 0 Å². The maximum atomic E-state index is 12.3. The lowest BCUT2D eigenvalue weighted by atomic mass is 10.0. The minimum absolute atomic E-state index is 0.314. The first kappa shape index (κ1) is 14.5. The van der Waals surface area contributed by atoms with Gasteiger partial charge in [-0.1, -0.05) is 6.07 Å². The molecule has 0 amide bonds. The van der Waals surface area contributed by atoms with Crippen LogP contribution in [0.5, 0.6) is 0 Å². The SMILES string of the molecule is O=S(=O)(NCCc1cscn1)c1ccc2c(c1)NCCC2. The minimum Gasteiger partial charge on any atom is -0.385 e. The van der Waals surface area contributed by atoms with Crippen molar-refractivity contribution in [3.8, 4) is 0 Å². The number of hydrogen-bond donors (Lipinski definition) is 2. The molecule has 1 aliphatic heterocycles. The molecule has 1 aromatic carbocycles. The highest BCUT2D eigenvalue weighted by Crippen LogP contribution is 2.25. The van der Waals surface area contributed by atoms with Crippen LogP contribution in [0.25, 0.3) is 0 Å². The molecule has 0 aliphatic carbocycles. The lowest BCUT2D eigenvalue weighted by molar-refractivity contribution is 0.581. The van der Waals surface area contributed by atoms with E-state index in [0.717, 1.165) is 30.8 Å². The van der Waals surface area contributed by atoms with Crippen LogP contribution < -0.4 is 10.0 Å². The number of anilines is 1. The number of sulfonamides is 1. The van der Waals surface area contributed by atoms with Crippen LogP contribution in [0.15, 0.2) is 34.0 Å². The summed E-state index contributed by atoms with van der Waals surface area (Å²) in [5.74, 6) is 0. The summed E-state index contributed by atoms with van der Waals surface area (Å²) >= 11 is 1.51. The van der Waals surface area contributed by atoms with Gasteiger partial charge in [0.15, 0.2) is 0 Å². The Bertz CT molecular complexity index is 712. The molecule has 0 saturated carbocycles. The van der Waals surface area contributed by atoms with Gasteiger partial charge < -0.3 is 5.32 Å². The molecule has 2 aromatic rings. The molecule has 0 bridgehead atoms. The average molecular weight is 323 g/mol. The molecule has 0 spiro atoms. The highest BCUT2D eigenvalue weighted by molar-refractivity contribution is 7.89. The molecule has 1 aliphatic rings. The number of nitrogens with one attached hydrogen (secondary N) is 2. The van der Waals surface area contributed by atoms with Crippen LogP contribution >= 0.6 is 11.3 Å². The molecular weight excluding hydrogens is 306 g/mol. The first-order chi connectivity index (χ1) is 10.1. The summed E-state index contributed by atoms with van der Waals surface area (Å²) in [6, 6.07) is 5.30. The molecule has 0 unspecified atom stereocenters. The van der Waals surface area contributed by atoms with E-state index in [4.69, 9.17) is 0 Å². The molecule has 3 rings (SSSR count). The first-order valence-electron chi connectivity index (χ1n) is 6.89. The molecule has 0 saturated heterocycles. The summed E-state index contributed by atoms with van der Waals surface area (Å²) in [6.45, 7) is 1.25. The molecule has 21 heavy (non-hydrogen) atoms. The fraction of sp³-hybridized carbons (Fsp3) is 0.357. The van der Waals surface area contributed by atoms with E-state index in [0.29, 0.717) is 17.9 Å². The van der Waals surface area contributed by atoms with Crippen LogP contribution in [0.4, 0.5) is 5.69 Å². The fourth-order valence-electron chi connectivity index (χ4n) is 2.36. The van der Waals surface area contributed by atoms with Gasteiger partial charge in [-0.05, 0) is 30.5 Å². The Morgan fingerprint density at radius 1 is 1.38 bits per heavy atom. The van der Waals surface area contributed by atoms with E-state index in [-0.39, 0.29) is 0 Å². The second kappa shape index (κ2) is 6.13. The highest BCUT2D eigenvalue weighted by Gasteiger charge is 2.17. The number of nitrogens with zero attached hydrogens (tertiary/aromatic N) is 1. The van der Waals surface area contributed by atoms with Gasteiger partial charge in [0.05, 0.1) is 16.1 Å². The van der Waals surface area contributed by atoms with Crippen molar-refractivity contribution >= 4 is 27.0 Å². The van der Waals surface area contributed by atoms with E-state index in [2.05, 4.69) is 15.0 Å². The standard InChI is InChI=1S/C14H17N3O2S2/c18-21(19,17-7-5-12-9-20-10-16-12)13-4-3-11-2-1-6-15-14(11)8-13/h3-4,8-10,15,17H,1-2,5-7H2. The molecule has 0 radical (unpaired) electrons. The van der Waals surface area contributed by atoms with Gasteiger partial charge in [0.25, 0.3) is 0 Å². The van der Waals surface area contributed by atoms with Crippen molar-refractivity contribution in [3.05, 3.63) is 40.3 Å². The van der Waals surface area contributed by atoms with E-state index >= 15 is 0 Å². The minimum atomic E-state index is -3.46. The zero-order valence-corrected chi connectivity index (χ0v) is 13.1. The van der Waals surface area contributed by atoms with Crippen molar-refractivity contribution in [2.24, 2.45) is 0 Å². The zero-order valence-electron chi connectivity index (χ0n) is 11.5.